The van der Waals surface area contributed by atoms with Crippen LogP contribution >= 0.6 is 0 Å². The van der Waals surface area contributed by atoms with Crippen molar-refractivity contribution < 1.29 is 14.3 Å². The second kappa shape index (κ2) is 9.13. The summed E-state index contributed by atoms with van der Waals surface area (Å²) in [6.07, 6.45) is 1.50. The molecule has 1 saturated heterocycles. The molecule has 3 aromatic carbocycles. The van der Waals surface area contributed by atoms with E-state index in [1.807, 2.05) is 72.8 Å². The Balaban J connectivity index is 1.33. The third kappa shape index (κ3) is 4.78. The largest absolute Gasteiger partial charge is 0.455 e. The van der Waals surface area contributed by atoms with Gasteiger partial charge >= 0.3 is 0 Å². The molecule has 1 heterocycles. The standard InChI is InChI=1S/C24H23N3O3/c28-23(17-25-18-12-14-19(15-13-18)27-16-6-11-24(27)29)26-21-9-4-5-10-22(21)30-20-7-2-1-3-8-20/h1-5,7-10,12-15,25H,6,11,16-17H2,(H,26,28). The summed E-state index contributed by atoms with van der Waals surface area (Å²) in [6, 6.07) is 24.3. The highest BCUT2D eigenvalue weighted by molar-refractivity contribution is 5.96. The Morgan fingerprint density at radius 1 is 0.933 bits per heavy atom. The lowest BCUT2D eigenvalue weighted by Gasteiger charge is -2.16. The highest BCUT2D eigenvalue weighted by Crippen LogP contribution is 2.29. The van der Waals surface area contributed by atoms with Crippen LogP contribution in [0.2, 0.25) is 0 Å². The van der Waals surface area contributed by atoms with E-state index in [1.54, 1.807) is 11.0 Å². The maximum absolute atomic E-state index is 12.4. The Labute approximate surface area is 175 Å². The molecule has 2 amide bonds. The van der Waals surface area contributed by atoms with Gasteiger partial charge in [-0.1, -0.05) is 30.3 Å². The van der Waals surface area contributed by atoms with Crippen molar-refractivity contribution in [1.29, 1.82) is 0 Å². The molecule has 0 aromatic heterocycles. The number of anilines is 3. The summed E-state index contributed by atoms with van der Waals surface area (Å²) < 4.78 is 5.88. The van der Waals surface area contributed by atoms with Crippen LogP contribution in [0.4, 0.5) is 17.1 Å². The van der Waals surface area contributed by atoms with Gasteiger partial charge in [-0.05, 0) is 55.0 Å². The number of para-hydroxylation sites is 3. The van der Waals surface area contributed by atoms with E-state index < -0.39 is 0 Å². The minimum atomic E-state index is -0.182. The first-order chi connectivity index (χ1) is 14.7. The average Bonchev–Trinajstić information content (AvgIpc) is 3.21. The number of benzene rings is 3. The van der Waals surface area contributed by atoms with E-state index in [0.29, 0.717) is 23.6 Å². The molecule has 2 N–H and O–H groups in total. The zero-order chi connectivity index (χ0) is 20.8. The summed E-state index contributed by atoms with van der Waals surface area (Å²) in [7, 11) is 0. The Hall–Kier alpha value is -3.80. The van der Waals surface area contributed by atoms with Crippen molar-refractivity contribution in [3.63, 3.8) is 0 Å². The van der Waals surface area contributed by atoms with Crippen LogP contribution in [0.25, 0.3) is 0 Å². The molecule has 0 radical (unpaired) electrons. The van der Waals surface area contributed by atoms with Crippen LogP contribution in [0.3, 0.4) is 0 Å². The molecule has 1 aliphatic heterocycles. The molecule has 0 unspecified atom stereocenters. The van der Waals surface area contributed by atoms with Gasteiger partial charge < -0.3 is 20.3 Å². The van der Waals surface area contributed by atoms with E-state index in [-0.39, 0.29) is 18.4 Å². The van der Waals surface area contributed by atoms with Gasteiger partial charge in [0.05, 0.1) is 12.2 Å². The van der Waals surface area contributed by atoms with Crippen LogP contribution in [0, 0.1) is 0 Å². The first kappa shape index (κ1) is 19.5. The maximum atomic E-state index is 12.4. The van der Waals surface area contributed by atoms with Crippen molar-refractivity contribution in [1.82, 2.24) is 0 Å². The fourth-order valence-corrected chi connectivity index (χ4v) is 3.33. The smallest absolute Gasteiger partial charge is 0.243 e. The predicted molar refractivity (Wildman–Crippen MR) is 118 cm³/mol. The minimum Gasteiger partial charge on any atom is -0.455 e. The topological polar surface area (TPSA) is 70.7 Å². The Kier molecular flexibility index (Phi) is 5.94. The van der Waals surface area contributed by atoms with E-state index in [1.165, 1.54) is 0 Å². The van der Waals surface area contributed by atoms with E-state index in [4.69, 9.17) is 4.74 Å². The Morgan fingerprint density at radius 3 is 2.40 bits per heavy atom. The van der Waals surface area contributed by atoms with E-state index >= 15 is 0 Å². The van der Waals surface area contributed by atoms with Gasteiger partial charge in [-0.25, -0.2) is 0 Å². The highest BCUT2D eigenvalue weighted by Gasteiger charge is 2.21. The van der Waals surface area contributed by atoms with Gasteiger partial charge in [-0.2, -0.15) is 0 Å². The van der Waals surface area contributed by atoms with Gasteiger partial charge in [0, 0.05) is 24.3 Å². The van der Waals surface area contributed by atoms with Crippen LogP contribution in [-0.2, 0) is 9.59 Å². The molecule has 4 rings (SSSR count). The molecule has 3 aromatic rings. The highest BCUT2D eigenvalue weighted by atomic mass is 16.5. The lowest BCUT2D eigenvalue weighted by molar-refractivity contribution is -0.117. The van der Waals surface area contributed by atoms with Crippen LogP contribution in [0.5, 0.6) is 11.5 Å². The summed E-state index contributed by atoms with van der Waals surface area (Å²) in [4.78, 5) is 26.1. The normalized spacial score (nSPS) is 13.2. The summed E-state index contributed by atoms with van der Waals surface area (Å²) in [6.45, 7) is 0.875. The molecule has 152 valence electrons. The lowest BCUT2D eigenvalue weighted by atomic mass is 10.2. The number of carbonyl (C=O) groups excluding carboxylic acids is 2. The van der Waals surface area contributed by atoms with Crippen molar-refractivity contribution in [2.24, 2.45) is 0 Å². The van der Waals surface area contributed by atoms with Gasteiger partial charge in [0.2, 0.25) is 11.8 Å². The predicted octanol–water partition coefficient (Wildman–Crippen LogP) is 4.66. The van der Waals surface area contributed by atoms with Crippen LogP contribution in [-0.4, -0.2) is 24.9 Å². The zero-order valence-electron chi connectivity index (χ0n) is 16.5. The Bertz CT molecular complexity index is 1020. The molecule has 0 atom stereocenters. The molecule has 1 aliphatic rings. The maximum Gasteiger partial charge on any atom is 0.243 e. The molecule has 6 nitrogen and oxygen atoms in total. The van der Waals surface area contributed by atoms with Crippen molar-refractivity contribution in [2.45, 2.75) is 12.8 Å². The number of nitrogens with one attached hydrogen (secondary N) is 2. The van der Waals surface area contributed by atoms with Gasteiger partial charge in [-0.3, -0.25) is 9.59 Å². The first-order valence-electron chi connectivity index (χ1n) is 9.95. The first-order valence-corrected chi connectivity index (χ1v) is 9.95. The van der Waals surface area contributed by atoms with Gasteiger partial charge in [0.25, 0.3) is 0 Å². The van der Waals surface area contributed by atoms with Gasteiger partial charge in [-0.15, -0.1) is 0 Å². The zero-order valence-corrected chi connectivity index (χ0v) is 16.5. The molecule has 0 aliphatic carbocycles. The summed E-state index contributed by atoms with van der Waals surface area (Å²) >= 11 is 0. The number of rotatable bonds is 7. The summed E-state index contributed by atoms with van der Waals surface area (Å²) in [5.41, 5.74) is 2.31. The van der Waals surface area contributed by atoms with Crippen molar-refractivity contribution in [2.75, 3.05) is 28.6 Å². The number of hydrogen-bond donors (Lipinski definition) is 2. The third-order valence-electron chi connectivity index (χ3n) is 4.84. The molecule has 30 heavy (non-hydrogen) atoms. The van der Waals surface area contributed by atoms with E-state index in [9.17, 15) is 9.59 Å². The van der Waals surface area contributed by atoms with Gasteiger partial charge in [0.1, 0.15) is 5.75 Å². The number of carbonyl (C=O) groups is 2. The average molecular weight is 401 g/mol. The summed E-state index contributed by atoms with van der Waals surface area (Å²) in [5, 5.41) is 5.99. The number of amides is 2. The van der Waals surface area contributed by atoms with Crippen molar-refractivity contribution in [3.05, 3.63) is 78.9 Å². The fourth-order valence-electron chi connectivity index (χ4n) is 3.33. The molecule has 1 fully saturated rings. The van der Waals surface area contributed by atoms with Gasteiger partial charge in [0.15, 0.2) is 5.75 Å². The minimum absolute atomic E-state index is 0.113. The van der Waals surface area contributed by atoms with Crippen LogP contribution in [0.1, 0.15) is 12.8 Å². The second-order valence-electron chi connectivity index (χ2n) is 7.01. The lowest BCUT2D eigenvalue weighted by Crippen LogP contribution is -2.24. The molecular formula is C24H23N3O3. The summed E-state index contributed by atoms with van der Waals surface area (Å²) in [5.74, 6) is 1.26. The molecule has 0 saturated carbocycles. The number of ether oxygens (including phenoxy) is 1. The number of nitrogens with zero attached hydrogens (tertiary/aromatic N) is 1. The van der Waals surface area contributed by atoms with Crippen molar-refractivity contribution >= 4 is 28.9 Å². The number of hydrogen-bond acceptors (Lipinski definition) is 4. The quantitative estimate of drug-likeness (QED) is 0.604. The van der Waals surface area contributed by atoms with E-state index in [0.717, 1.165) is 24.3 Å². The molecular weight excluding hydrogens is 378 g/mol. The SMILES string of the molecule is O=C(CNc1ccc(N2CCCC2=O)cc1)Nc1ccccc1Oc1ccccc1. The van der Waals surface area contributed by atoms with Crippen LogP contribution < -0.4 is 20.3 Å². The molecule has 6 heteroatoms. The molecule has 0 spiro atoms. The Morgan fingerprint density at radius 2 is 1.67 bits per heavy atom. The molecule has 0 bridgehead atoms. The van der Waals surface area contributed by atoms with E-state index in [2.05, 4.69) is 10.6 Å². The van der Waals surface area contributed by atoms with Crippen LogP contribution in [0.15, 0.2) is 78.9 Å². The van der Waals surface area contributed by atoms with Crippen molar-refractivity contribution in [3.8, 4) is 11.5 Å². The second-order valence-corrected chi connectivity index (χ2v) is 7.01. The fraction of sp³-hybridized carbons (Fsp3) is 0.167. The monoisotopic (exact) mass is 401 g/mol. The third-order valence-corrected chi connectivity index (χ3v) is 4.84.